The van der Waals surface area contributed by atoms with E-state index in [9.17, 15) is 13.2 Å². The second-order valence-corrected chi connectivity index (χ2v) is 3.68. The summed E-state index contributed by atoms with van der Waals surface area (Å²) >= 11 is 0. The van der Waals surface area contributed by atoms with Crippen LogP contribution < -0.4 is 0 Å². The molecule has 0 heterocycles. The second-order valence-electron chi connectivity index (χ2n) is 3.68. The van der Waals surface area contributed by atoms with E-state index in [1.807, 2.05) is 0 Å². The standard InChI is InChI=1S/C9H15F3N/c10-9(11,12)7-13-6-8-4-2-1-3-5-8/h8H,1-7H2/q-1. The van der Waals surface area contributed by atoms with Gasteiger partial charge in [0, 0.05) is 0 Å². The molecule has 0 atom stereocenters. The number of rotatable bonds is 3. The summed E-state index contributed by atoms with van der Waals surface area (Å²) in [5.41, 5.74) is 0. The molecule has 0 saturated heterocycles. The summed E-state index contributed by atoms with van der Waals surface area (Å²) in [7, 11) is 0. The van der Waals surface area contributed by atoms with E-state index < -0.39 is 12.7 Å². The maximum atomic E-state index is 11.7. The molecule has 0 radical (unpaired) electrons. The van der Waals surface area contributed by atoms with Crippen molar-refractivity contribution in [1.82, 2.24) is 0 Å². The summed E-state index contributed by atoms with van der Waals surface area (Å²) in [5.74, 6) is 0.413. The highest BCUT2D eigenvalue weighted by molar-refractivity contribution is 4.87. The molecule has 0 bridgehead atoms. The predicted octanol–water partition coefficient (Wildman–Crippen LogP) is 3.50. The summed E-state index contributed by atoms with van der Waals surface area (Å²) in [6.45, 7) is -0.566. The molecule has 1 fully saturated rings. The Morgan fingerprint density at radius 3 is 2.23 bits per heavy atom. The molecular weight excluding hydrogens is 179 g/mol. The third-order valence-corrected chi connectivity index (χ3v) is 2.40. The van der Waals surface area contributed by atoms with Crippen LogP contribution >= 0.6 is 0 Å². The smallest absolute Gasteiger partial charge is 0.371 e. The first-order chi connectivity index (χ1) is 6.08. The first kappa shape index (κ1) is 10.8. The van der Waals surface area contributed by atoms with Gasteiger partial charge in [-0.05, 0) is 0 Å². The van der Waals surface area contributed by atoms with Gasteiger partial charge in [0.25, 0.3) is 0 Å². The molecule has 0 aromatic heterocycles. The molecule has 0 amide bonds. The minimum Gasteiger partial charge on any atom is -0.655 e. The molecule has 0 aliphatic heterocycles. The quantitative estimate of drug-likeness (QED) is 0.652. The lowest BCUT2D eigenvalue weighted by atomic mass is 9.89. The van der Waals surface area contributed by atoms with Crippen LogP contribution in [0, 0.1) is 5.92 Å². The van der Waals surface area contributed by atoms with E-state index in [1.54, 1.807) is 0 Å². The molecular formula is C9H15F3N-. The fraction of sp³-hybridized carbons (Fsp3) is 1.00. The van der Waals surface area contributed by atoms with E-state index in [2.05, 4.69) is 5.32 Å². The van der Waals surface area contributed by atoms with Crippen LogP contribution in [0.4, 0.5) is 13.2 Å². The van der Waals surface area contributed by atoms with Crippen LogP contribution in [0.2, 0.25) is 0 Å². The lowest BCUT2D eigenvalue weighted by Crippen LogP contribution is -2.17. The lowest BCUT2D eigenvalue weighted by Gasteiger charge is -2.30. The van der Waals surface area contributed by atoms with E-state index >= 15 is 0 Å². The zero-order valence-electron chi connectivity index (χ0n) is 7.61. The molecule has 0 aromatic carbocycles. The number of nitrogens with zero attached hydrogens (tertiary/aromatic N) is 1. The molecule has 0 unspecified atom stereocenters. The van der Waals surface area contributed by atoms with Gasteiger partial charge in [0.05, 0.1) is 0 Å². The van der Waals surface area contributed by atoms with Gasteiger partial charge in [-0.1, -0.05) is 44.6 Å². The summed E-state index contributed by atoms with van der Waals surface area (Å²) in [6.07, 6.45) is 1.55. The largest absolute Gasteiger partial charge is 0.655 e. The molecule has 0 aromatic rings. The van der Waals surface area contributed by atoms with Crippen LogP contribution in [0.15, 0.2) is 0 Å². The van der Waals surface area contributed by atoms with Crippen LogP contribution in [-0.4, -0.2) is 19.3 Å². The number of hydrogen-bond acceptors (Lipinski definition) is 0. The minimum atomic E-state index is -4.12. The van der Waals surface area contributed by atoms with E-state index in [4.69, 9.17) is 0 Å². The van der Waals surface area contributed by atoms with Crippen molar-refractivity contribution in [1.29, 1.82) is 0 Å². The van der Waals surface area contributed by atoms with Gasteiger partial charge in [-0.25, -0.2) is 0 Å². The maximum absolute atomic E-state index is 11.7. The SMILES string of the molecule is FC(F)(F)C[N-]CC1CCCCC1. The van der Waals surface area contributed by atoms with Crippen molar-refractivity contribution in [3.05, 3.63) is 5.32 Å². The molecule has 1 aliphatic rings. The van der Waals surface area contributed by atoms with Gasteiger partial charge in [0.2, 0.25) is 0 Å². The highest BCUT2D eigenvalue weighted by atomic mass is 19.4. The Hall–Kier alpha value is -0.250. The van der Waals surface area contributed by atoms with Crippen molar-refractivity contribution in [2.75, 3.05) is 13.1 Å². The third-order valence-electron chi connectivity index (χ3n) is 2.40. The van der Waals surface area contributed by atoms with Crippen LogP contribution in [0.5, 0.6) is 0 Å². The summed E-state index contributed by atoms with van der Waals surface area (Å²) in [4.78, 5) is 0. The number of alkyl halides is 3. The molecule has 4 heteroatoms. The van der Waals surface area contributed by atoms with Gasteiger partial charge in [-0.3, -0.25) is 0 Å². The molecule has 0 N–H and O–H groups in total. The first-order valence-electron chi connectivity index (χ1n) is 4.78. The monoisotopic (exact) mass is 194 g/mol. The van der Waals surface area contributed by atoms with Gasteiger partial charge in [-0.15, -0.1) is 6.54 Å². The van der Waals surface area contributed by atoms with E-state index in [1.165, 1.54) is 6.42 Å². The summed E-state index contributed by atoms with van der Waals surface area (Å²) in [6, 6.07) is 0. The van der Waals surface area contributed by atoms with E-state index in [0.717, 1.165) is 25.7 Å². The van der Waals surface area contributed by atoms with E-state index in [-0.39, 0.29) is 0 Å². The molecule has 1 rings (SSSR count). The summed E-state index contributed by atoms with van der Waals surface area (Å²) < 4.78 is 35.1. The average molecular weight is 194 g/mol. The average Bonchev–Trinajstić information content (AvgIpc) is 2.04. The maximum Gasteiger partial charge on any atom is 0.371 e. The Balaban J connectivity index is 2.04. The van der Waals surface area contributed by atoms with E-state index in [0.29, 0.717) is 12.5 Å². The normalized spacial score (nSPS) is 20.5. The van der Waals surface area contributed by atoms with Crippen LogP contribution in [-0.2, 0) is 0 Å². The van der Waals surface area contributed by atoms with Crippen molar-refractivity contribution in [3.8, 4) is 0 Å². The topological polar surface area (TPSA) is 14.1 Å². The van der Waals surface area contributed by atoms with Crippen molar-refractivity contribution in [2.24, 2.45) is 5.92 Å². The van der Waals surface area contributed by atoms with Crippen LogP contribution in [0.3, 0.4) is 0 Å². The Morgan fingerprint density at radius 1 is 1.08 bits per heavy atom. The number of hydrogen-bond donors (Lipinski definition) is 0. The van der Waals surface area contributed by atoms with Crippen LogP contribution in [0.25, 0.3) is 5.32 Å². The molecule has 1 saturated carbocycles. The zero-order chi connectivity index (χ0) is 9.73. The molecule has 0 spiro atoms. The fourth-order valence-corrected chi connectivity index (χ4v) is 1.74. The van der Waals surface area contributed by atoms with Gasteiger partial charge in [0.15, 0.2) is 0 Å². The Morgan fingerprint density at radius 2 is 1.69 bits per heavy atom. The highest BCUT2D eigenvalue weighted by Crippen LogP contribution is 2.26. The summed E-state index contributed by atoms with van der Waals surface area (Å²) in [5, 5.41) is 3.54. The van der Waals surface area contributed by atoms with Crippen molar-refractivity contribution >= 4 is 0 Å². The molecule has 1 aliphatic carbocycles. The molecule has 1 nitrogen and oxygen atoms in total. The van der Waals surface area contributed by atoms with Gasteiger partial charge in [0.1, 0.15) is 0 Å². The second kappa shape index (κ2) is 4.84. The van der Waals surface area contributed by atoms with Gasteiger partial charge >= 0.3 is 6.18 Å². The zero-order valence-corrected chi connectivity index (χ0v) is 7.61. The van der Waals surface area contributed by atoms with Crippen molar-refractivity contribution in [2.45, 2.75) is 38.3 Å². The Kier molecular flexibility index (Phi) is 4.03. The fourth-order valence-electron chi connectivity index (χ4n) is 1.74. The molecule has 13 heavy (non-hydrogen) atoms. The lowest BCUT2D eigenvalue weighted by molar-refractivity contribution is -0.114. The van der Waals surface area contributed by atoms with Crippen LogP contribution in [0.1, 0.15) is 32.1 Å². The minimum absolute atomic E-state index is 0.402. The molecule has 78 valence electrons. The Bertz CT molecular complexity index is 138. The number of halogens is 3. The van der Waals surface area contributed by atoms with Gasteiger partial charge < -0.3 is 5.32 Å². The third kappa shape index (κ3) is 5.13. The van der Waals surface area contributed by atoms with Crippen molar-refractivity contribution in [3.63, 3.8) is 0 Å². The highest BCUT2D eigenvalue weighted by Gasteiger charge is 2.21. The predicted molar refractivity (Wildman–Crippen MR) is 45.7 cm³/mol. The Labute approximate surface area is 76.7 Å². The van der Waals surface area contributed by atoms with Gasteiger partial charge in [-0.2, -0.15) is 13.2 Å². The van der Waals surface area contributed by atoms with Crippen molar-refractivity contribution < 1.29 is 13.2 Å². The first-order valence-corrected chi connectivity index (χ1v) is 4.78.